The van der Waals surface area contributed by atoms with Gasteiger partial charge in [0, 0.05) is 13.7 Å². The van der Waals surface area contributed by atoms with Gasteiger partial charge in [0.25, 0.3) is 0 Å². The second kappa shape index (κ2) is 6.44. The van der Waals surface area contributed by atoms with Gasteiger partial charge in [-0.2, -0.15) is 5.26 Å². The lowest BCUT2D eigenvalue weighted by Gasteiger charge is -2.11. The fraction of sp³-hybridized carbons (Fsp3) is 0.778. The number of hydrogen-bond acceptors (Lipinski definition) is 3. The molecule has 0 spiro atoms. The molecule has 0 aliphatic heterocycles. The summed E-state index contributed by atoms with van der Waals surface area (Å²) >= 11 is 0. The molecule has 0 aromatic heterocycles. The summed E-state index contributed by atoms with van der Waals surface area (Å²) < 4.78 is 4.91. The van der Waals surface area contributed by atoms with Gasteiger partial charge in [0.2, 0.25) is 5.91 Å². The van der Waals surface area contributed by atoms with Crippen LogP contribution in [0.4, 0.5) is 0 Å². The van der Waals surface area contributed by atoms with Gasteiger partial charge in [0.05, 0.1) is 12.7 Å². The Labute approximate surface area is 78.9 Å². The van der Waals surface area contributed by atoms with Gasteiger partial charge in [0.15, 0.2) is 0 Å². The predicted molar refractivity (Wildman–Crippen MR) is 48.8 cm³/mol. The molecular formula is C9H16N2O2. The maximum absolute atomic E-state index is 11.1. The monoisotopic (exact) mass is 184 g/mol. The Balaban J connectivity index is 3.65. The van der Waals surface area contributed by atoms with Crippen LogP contribution < -0.4 is 5.32 Å². The first-order chi connectivity index (χ1) is 6.11. The summed E-state index contributed by atoms with van der Waals surface area (Å²) in [7, 11) is 1.62. The van der Waals surface area contributed by atoms with E-state index in [1.807, 2.05) is 13.0 Å². The highest BCUT2D eigenvalue weighted by Gasteiger charge is 2.11. The van der Waals surface area contributed by atoms with Crippen LogP contribution in [0.1, 0.15) is 13.8 Å². The Kier molecular flexibility index (Phi) is 5.90. The topological polar surface area (TPSA) is 62.1 Å². The van der Waals surface area contributed by atoms with Crippen LogP contribution in [0.15, 0.2) is 0 Å². The molecule has 4 heteroatoms. The molecule has 1 amide bonds. The summed E-state index contributed by atoms with van der Waals surface area (Å²) in [6.45, 7) is 4.72. The van der Waals surface area contributed by atoms with Gasteiger partial charge >= 0.3 is 0 Å². The molecule has 13 heavy (non-hydrogen) atoms. The van der Waals surface area contributed by atoms with E-state index in [9.17, 15) is 4.79 Å². The SMILES string of the molecule is COCC(C)CNC(=O)C(C)C#N. The van der Waals surface area contributed by atoms with Crippen LogP contribution in [0.3, 0.4) is 0 Å². The number of hydrogen-bond donors (Lipinski definition) is 1. The van der Waals surface area contributed by atoms with Crippen molar-refractivity contribution in [2.45, 2.75) is 13.8 Å². The Hall–Kier alpha value is -1.08. The zero-order valence-electron chi connectivity index (χ0n) is 8.33. The first-order valence-electron chi connectivity index (χ1n) is 4.28. The highest BCUT2D eigenvalue weighted by molar-refractivity contribution is 5.80. The number of nitrogens with one attached hydrogen (secondary N) is 1. The van der Waals surface area contributed by atoms with Gasteiger partial charge in [-0.05, 0) is 12.8 Å². The zero-order chi connectivity index (χ0) is 10.3. The molecule has 0 bridgehead atoms. The first kappa shape index (κ1) is 11.9. The van der Waals surface area contributed by atoms with E-state index in [4.69, 9.17) is 10.00 Å². The smallest absolute Gasteiger partial charge is 0.237 e. The molecule has 2 unspecified atom stereocenters. The lowest BCUT2D eigenvalue weighted by atomic mass is 10.1. The molecule has 0 rings (SSSR count). The third-order valence-corrected chi connectivity index (χ3v) is 1.66. The fourth-order valence-corrected chi connectivity index (χ4v) is 0.830. The quantitative estimate of drug-likeness (QED) is 0.678. The lowest BCUT2D eigenvalue weighted by Crippen LogP contribution is -2.33. The van der Waals surface area contributed by atoms with Crippen molar-refractivity contribution in [3.05, 3.63) is 0 Å². The summed E-state index contributed by atoms with van der Waals surface area (Å²) in [6, 6.07) is 1.88. The summed E-state index contributed by atoms with van der Waals surface area (Å²) in [4.78, 5) is 11.1. The summed E-state index contributed by atoms with van der Waals surface area (Å²) in [5.74, 6) is -0.514. The standard InChI is InChI=1S/C9H16N2O2/c1-7(6-13-3)5-11-9(12)8(2)4-10/h7-8H,5-6H2,1-3H3,(H,11,12). The van der Waals surface area contributed by atoms with Crippen molar-refractivity contribution in [3.8, 4) is 6.07 Å². The van der Waals surface area contributed by atoms with Gasteiger partial charge in [-0.15, -0.1) is 0 Å². The molecule has 0 aromatic carbocycles. The predicted octanol–water partition coefficient (Wildman–Crippen LogP) is 0.545. The molecule has 0 fully saturated rings. The van der Waals surface area contributed by atoms with E-state index in [1.165, 1.54) is 0 Å². The number of amides is 1. The molecule has 0 saturated heterocycles. The minimum Gasteiger partial charge on any atom is -0.384 e. The molecule has 0 radical (unpaired) electrons. The maximum Gasteiger partial charge on any atom is 0.237 e. The van der Waals surface area contributed by atoms with Gasteiger partial charge < -0.3 is 10.1 Å². The van der Waals surface area contributed by atoms with Crippen LogP contribution in [0, 0.1) is 23.2 Å². The number of nitrogens with zero attached hydrogens (tertiary/aromatic N) is 1. The first-order valence-corrected chi connectivity index (χ1v) is 4.28. The maximum atomic E-state index is 11.1. The van der Waals surface area contributed by atoms with Crippen LogP contribution in [0.25, 0.3) is 0 Å². The number of nitriles is 1. The van der Waals surface area contributed by atoms with E-state index in [0.29, 0.717) is 13.2 Å². The average molecular weight is 184 g/mol. The Morgan fingerprint density at radius 2 is 2.23 bits per heavy atom. The minimum absolute atomic E-state index is 0.217. The number of rotatable bonds is 5. The minimum atomic E-state index is -0.574. The van der Waals surface area contributed by atoms with Crippen molar-refractivity contribution in [3.63, 3.8) is 0 Å². The van der Waals surface area contributed by atoms with Crippen molar-refractivity contribution < 1.29 is 9.53 Å². The molecular weight excluding hydrogens is 168 g/mol. The Morgan fingerprint density at radius 3 is 2.69 bits per heavy atom. The molecule has 0 aromatic rings. The second-order valence-corrected chi connectivity index (χ2v) is 3.16. The van der Waals surface area contributed by atoms with Crippen LogP contribution in [-0.2, 0) is 9.53 Å². The van der Waals surface area contributed by atoms with E-state index in [0.717, 1.165) is 0 Å². The second-order valence-electron chi connectivity index (χ2n) is 3.16. The normalized spacial score (nSPS) is 14.3. The molecule has 0 heterocycles. The van der Waals surface area contributed by atoms with Crippen molar-refractivity contribution >= 4 is 5.91 Å². The van der Waals surface area contributed by atoms with Crippen molar-refractivity contribution in [1.82, 2.24) is 5.32 Å². The number of carbonyl (C=O) groups excluding carboxylic acids is 1. The highest BCUT2D eigenvalue weighted by atomic mass is 16.5. The van der Waals surface area contributed by atoms with Gasteiger partial charge in [0.1, 0.15) is 5.92 Å². The summed E-state index contributed by atoms with van der Waals surface area (Å²) in [5, 5.41) is 11.1. The molecule has 4 nitrogen and oxygen atoms in total. The van der Waals surface area contributed by atoms with Crippen molar-refractivity contribution in [2.24, 2.45) is 11.8 Å². The molecule has 0 aliphatic rings. The zero-order valence-corrected chi connectivity index (χ0v) is 8.33. The van der Waals surface area contributed by atoms with Crippen LogP contribution in [0.5, 0.6) is 0 Å². The summed E-state index contributed by atoms with van der Waals surface area (Å²) in [6.07, 6.45) is 0. The Morgan fingerprint density at radius 1 is 1.62 bits per heavy atom. The van der Waals surface area contributed by atoms with E-state index in [-0.39, 0.29) is 11.8 Å². The van der Waals surface area contributed by atoms with Gasteiger partial charge in [-0.3, -0.25) is 4.79 Å². The van der Waals surface area contributed by atoms with E-state index >= 15 is 0 Å². The van der Waals surface area contributed by atoms with E-state index in [1.54, 1.807) is 14.0 Å². The largest absolute Gasteiger partial charge is 0.384 e. The van der Waals surface area contributed by atoms with E-state index < -0.39 is 5.92 Å². The van der Waals surface area contributed by atoms with E-state index in [2.05, 4.69) is 5.32 Å². The lowest BCUT2D eigenvalue weighted by molar-refractivity contribution is -0.123. The third-order valence-electron chi connectivity index (χ3n) is 1.66. The highest BCUT2D eigenvalue weighted by Crippen LogP contribution is 1.95. The molecule has 1 N–H and O–H groups in total. The molecule has 0 saturated carbocycles. The molecule has 2 atom stereocenters. The molecule has 74 valence electrons. The summed E-state index contributed by atoms with van der Waals surface area (Å²) in [5.41, 5.74) is 0. The number of ether oxygens (including phenoxy) is 1. The van der Waals surface area contributed by atoms with Crippen LogP contribution in [0.2, 0.25) is 0 Å². The van der Waals surface area contributed by atoms with Crippen molar-refractivity contribution in [2.75, 3.05) is 20.3 Å². The molecule has 0 aliphatic carbocycles. The fourth-order valence-electron chi connectivity index (χ4n) is 0.830. The third kappa shape index (κ3) is 5.21. The average Bonchev–Trinajstić information content (AvgIpc) is 2.13. The van der Waals surface area contributed by atoms with Gasteiger partial charge in [-0.1, -0.05) is 6.92 Å². The number of methoxy groups -OCH3 is 1. The Bertz CT molecular complexity index is 198. The number of carbonyl (C=O) groups is 1. The van der Waals surface area contributed by atoms with Crippen LogP contribution in [-0.4, -0.2) is 26.2 Å². The van der Waals surface area contributed by atoms with Gasteiger partial charge in [-0.25, -0.2) is 0 Å². The van der Waals surface area contributed by atoms with Crippen LogP contribution >= 0.6 is 0 Å². The van der Waals surface area contributed by atoms with Crippen molar-refractivity contribution in [1.29, 1.82) is 5.26 Å².